The first-order valence-corrected chi connectivity index (χ1v) is 9.55. The molecule has 0 radical (unpaired) electrons. The van der Waals surface area contributed by atoms with Gasteiger partial charge in [-0.15, -0.1) is 0 Å². The maximum atomic E-state index is 6.05. The number of nitrogens with two attached hydrogens (primary N) is 1. The Labute approximate surface area is 153 Å². The molecule has 1 aromatic carbocycles. The molecule has 0 aromatic heterocycles. The molecule has 140 valence electrons. The lowest BCUT2D eigenvalue weighted by Gasteiger charge is -2.33. The number of benzene rings is 1. The highest BCUT2D eigenvalue weighted by molar-refractivity contribution is 5.92. The average Bonchev–Trinajstić information content (AvgIpc) is 2.62. The molecule has 1 aliphatic rings. The van der Waals surface area contributed by atoms with E-state index in [9.17, 15) is 0 Å². The molecule has 5 heteroatoms. The molecule has 1 heterocycles. The van der Waals surface area contributed by atoms with Gasteiger partial charge in [0.25, 0.3) is 0 Å². The molecule has 1 saturated heterocycles. The van der Waals surface area contributed by atoms with E-state index >= 15 is 0 Å². The number of aliphatic imine (C=N–C) groups is 1. The van der Waals surface area contributed by atoms with Gasteiger partial charge in [-0.25, -0.2) is 0 Å². The Bertz CT molecular complexity index is 532. The van der Waals surface area contributed by atoms with Gasteiger partial charge < -0.3 is 20.9 Å². The van der Waals surface area contributed by atoms with Crippen LogP contribution in [-0.2, 0) is 0 Å². The van der Waals surface area contributed by atoms with Crippen LogP contribution < -0.4 is 11.1 Å². The van der Waals surface area contributed by atoms with E-state index in [0.717, 1.165) is 51.4 Å². The molecule has 2 atom stereocenters. The molecule has 2 unspecified atom stereocenters. The van der Waals surface area contributed by atoms with Gasteiger partial charge in [-0.3, -0.25) is 4.99 Å². The summed E-state index contributed by atoms with van der Waals surface area (Å²) in [5, 5.41) is 3.20. The molecular formula is C20H35N5. The van der Waals surface area contributed by atoms with E-state index in [-0.39, 0.29) is 0 Å². The van der Waals surface area contributed by atoms with E-state index in [1.165, 1.54) is 5.56 Å². The number of nitrogens with one attached hydrogen (secondary N) is 1. The number of nitrogens with zero attached hydrogens (tertiary/aromatic N) is 3. The van der Waals surface area contributed by atoms with E-state index in [4.69, 9.17) is 5.73 Å². The molecule has 0 spiro atoms. The summed E-state index contributed by atoms with van der Waals surface area (Å²) < 4.78 is 0. The minimum Gasteiger partial charge on any atom is -0.370 e. The lowest BCUT2D eigenvalue weighted by Crippen LogP contribution is -2.46. The van der Waals surface area contributed by atoms with Crippen LogP contribution in [0.2, 0.25) is 0 Å². The third kappa shape index (κ3) is 6.67. The van der Waals surface area contributed by atoms with Gasteiger partial charge in [-0.2, -0.15) is 0 Å². The Kier molecular flexibility index (Phi) is 7.72. The predicted molar refractivity (Wildman–Crippen MR) is 108 cm³/mol. The normalized spacial score (nSPS) is 19.6. The summed E-state index contributed by atoms with van der Waals surface area (Å²) in [7, 11) is 2.19. The number of piperazine rings is 1. The van der Waals surface area contributed by atoms with Crippen LogP contribution in [0.3, 0.4) is 0 Å². The van der Waals surface area contributed by atoms with E-state index in [1.807, 2.05) is 0 Å². The summed E-state index contributed by atoms with van der Waals surface area (Å²) in [5.41, 5.74) is 8.41. The minimum absolute atomic E-state index is 0.501. The van der Waals surface area contributed by atoms with Crippen molar-refractivity contribution in [3.05, 3.63) is 29.8 Å². The number of anilines is 1. The fourth-order valence-electron chi connectivity index (χ4n) is 3.10. The van der Waals surface area contributed by atoms with Gasteiger partial charge in [0.2, 0.25) is 0 Å². The van der Waals surface area contributed by atoms with Crippen molar-refractivity contribution in [3.63, 3.8) is 0 Å². The number of rotatable bonds is 7. The molecular weight excluding hydrogens is 310 g/mol. The van der Waals surface area contributed by atoms with Crippen LogP contribution in [-0.4, -0.2) is 62.1 Å². The van der Waals surface area contributed by atoms with Crippen LogP contribution in [0, 0.1) is 5.92 Å². The Hall–Kier alpha value is -1.59. The standard InChI is InChI=1S/C20H35N5/c1-5-17(3)18-6-8-19(9-7-18)23-20(21)22-14-16(2)15-25-12-10-24(4)11-13-25/h6-9,16-17H,5,10-15H2,1-4H3,(H3,21,22,23). The molecule has 0 bridgehead atoms. The van der Waals surface area contributed by atoms with Gasteiger partial charge in [0.1, 0.15) is 0 Å². The number of hydrogen-bond donors (Lipinski definition) is 2. The molecule has 25 heavy (non-hydrogen) atoms. The highest BCUT2D eigenvalue weighted by atomic mass is 15.2. The number of likely N-dealkylation sites (N-methyl/N-ethyl adjacent to an activating group) is 1. The van der Waals surface area contributed by atoms with Gasteiger partial charge in [0.05, 0.1) is 0 Å². The van der Waals surface area contributed by atoms with Crippen molar-refractivity contribution >= 4 is 11.6 Å². The molecule has 1 aromatic rings. The van der Waals surface area contributed by atoms with Crippen molar-refractivity contribution in [1.82, 2.24) is 9.80 Å². The summed E-state index contributed by atoms with van der Waals surface area (Å²) in [5.74, 6) is 1.61. The van der Waals surface area contributed by atoms with Crippen molar-refractivity contribution in [1.29, 1.82) is 0 Å². The van der Waals surface area contributed by atoms with E-state index in [2.05, 4.69) is 72.2 Å². The van der Waals surface area contributed by atoms with Crippen LogP contribution in [0.5, 0.6) is 0 Å². The van der Waals surface area contributed by atoms with Crippen molar-refractivity contribution in [3.8, 4) is 0 Å². The van der Waals surface area contributed by atoms with E-state index < -0.39 is 0 Å². The lowest BCUT2D eigenvalue weighted by atomic mass is 9.99. The van der Waals surface area contributed by atoms with E-state index in [1.54, 1.807) is 0 Å². The summed E-state index contributed by atoms with van der Waals surface area (Å²) in [6.45, 7) is 13.2. The predicted octanol–water partition coefficient (Wildman–Crippen LogP) is 2.81. The zero-order chi connectivity index (χ0) is 18.2. The Morgan fingerprint density at radius 1 is 1.16 bits per heavy atom. The molecule has 1 fully saturated rings. The van der Waals surface area contributed by atoms with Crippen LogP contribution in [0.4, 0.5) is 5.69 Å². The topological polar surface area (TPSA) is 56.9 Å². The average molecular weight is 346 g/mol. The SMILES string of the molecule is CCC(C)c1ccc(NC(N)=NCC(C)CN2CCN(C)CC2)cc1. The van der Waals surface area contributed by atoms with Crippen LogP contribution in [0.25, 0.3) is 0 Å². The third-order valence-electron chi connectivity index (χ3n) is 5.10. The summed E-state index contributed by atoms with van der Waals surface area (Å²) >= 11 is 0. The van der Waals surface area contributed by atoms with Gasteiger partial charge >= 0.3 is 0 Å². The van der Waals surface area contributed by atoms with Crippen molar-refractivity contribution < 1.29 is 0 Å². The maximum Gasteiger partial charge on any atom is 0.193 e. The molecule has 0 saturated carbocycles. The Balaban J connectivity index is 1.76. The molecule has 0 amide bonds. The van der Waals surface area contributed by atoms with Gasteiger partial charge in [0, 0.05) is 45.0 Å². The van der Waals surface area contributed by atoms with Crippen LogP contribution in [0.1, 0.15) is 38.7 Å². The number of hydrogen-bond acceptors (Lipinski definition) is 3. The highest BCUT2D eigenvalue weighted by Crippen LogP contribution is 2.20. The van der Waals surface area contributed by atoms with E-state index in [0.29, 0.717) is 17.8 Å². The van der Waals surface area contributed by atoms with Crippen molar-refractivity contribution in [2.24, 2.45) is 16.6 Å². The molecule has 3 N–H and O–H groups in total. The zero-order valence-electron chi connectivity index (χ0n) is 16.3. The Morgan fingerprint density at radius 2 is 1.80 bits per heavy atom. The second-order valence-electron chi connectivity index (χ2n) is 7.49. The van der Waals surface area contributed by atoms with Crippen molar-refractivity contribution in [2.75, 3.05) is 51.6 Å². The fraction of sp³-hybridized carbons (Fsp3) is 0.650. The van der Waals surface area contributed by atoms with Crippen LogP contribution in [0.15, 0.2) is 29.3 Å². The second-order valence-corrected chi connectivity index (χ2v) is 7.49. The first-order chi connectivity index (χ1) is 12.0. The Morgan fingerprint density at radius 3 is 2.40 bits per heavy atom. The molecule has 0 aliphatic carbocycles. The summed E-state index contributed by atoms with van der Waals surface area (Å²) in [4.78, 5) is 9.43. The fourth-order valence-corrected chi connectivity index (χ4v) is 3.10. The zero-order valence-corrected chi connectivity index (χ0v) is 16.3. The lowest BCUT2D eigenvalue weighted by molar-refractivity contribution is 0.140. The maximum absolute atomic E-state index is 6.05. The number of guanidine groups is 1. The summed E-state index contributed by atoms with van der Waals surface area (Å²) in [6.07, 6.45) is 1.15. The van der Waals surface area contributed by atoms with Gasteiger partial charge in [0.15, 0.2) is 5.96 Å². The highest BCUT2D eigenvalue weighted by Gasteiger charge is 2.15. The first-order valence-electron chi connectivity index (χ1n) is 9.55. The van der Waals surface area contributed by atoms with Gasteiger partial charge in [-0.05, 0) is 43.0 Å². The minimum atomic E-state index is 0.501. The van der Waals surface area contributed by atoms with Crippen molar-refractivity contribution in [2.45, 2.75) is 33.1 Å². The smallest absolute Gasteiger partial charge is 0.193 e. The van der Waals surface area contributed by atoms with Gasteiger partial charge in [-0.1, -0.05) is 32.9 Å². The second kappa shape index (κ2) is 9.78. The third-order valence-corrected chi connectivity index (χ3v) is 5.10. The largest absolute Gasteiger partial charge is 0.370 e. The molecule has 1 aliphatic heterocycles. The quantitative estimate of drug-likeness (QED) is 0.589. The molecule has 2 rings (SSSR count). The van der Waals surface area contributed by atoms with Crippen LogP contribution >= 0.6 is 0 Å². The first kappa shape index (κ1) is 19.7. The monoisotopic (exact) mass is 345 g/mol. The summed E-state index contributed by atoms with van der Waals surface area (Å²) in [6, 6.07) is 8.49. The molecule has 5 nitrogen and oxygen atoms in total.